The third-order valence-corrected chi connectivity index (χ3v) is 5.50. The van der Waals surface area contributed by atoms with Crippen LogP contribution in [0.4, 0.5) is 0 Å². The topological polar surface area (TPSA) is 0 Å². The molecule has 2 rings (SSSR count). The molecule has 154 valence electrons. The molecule has 0 nitrogen and oxygen atoms in total. The van der Waals surface area contributed by atoms with E-state index in [-0.39, 0.29) is 16.2 Å². The summed E-state index contributed by atoms with van der Waals surface area (Å²) < 4.78 is 0. The summed E-state index contributed by atoms with van der Waals surface area (Å²) in [5.74, 6) is 0.661. The first kappa shape index (κ1) is 22.7. The van der Waals surface area contributed by atoms with E-state index in [1.165, 1.54) is 33.4 Å². The van der Waals surface area contributed by atoms with E-state index >= 15 is 0 Å². The predicted octanol–water partition coefficient (Wildman–Crippen LogP) is 8.44. The maximum absolute atomic E-state index is 2.42. The van der Waals surface area contributed by atoms with Crippen LogP contribution in [-0.2, 0) is 22.7 Å². The molecule has 0 saturated heterocycles. The van der Waals surface area contributed by atoms with Crippen LogP contribution in [0.2, 0.25) is 0 Å². The third-order valence-electron chi connectivity index (χ3n) is 5.50. The van der Waals surface area contributed by atoms with Gasteiger partial charge in [0.2, 0.25) is 0 Å². The van der Waals surface area contributed by atoms with Crippen molar-refractivity contribution in [1.82, 2.24) is 0 Å². The summed E-state index contributed by atoms with van der Waals surface area (Å²) in [6, 6.07) is 14.5. The quantitative estimate of drug-likeness (QED) is 0.502. The van der Waals surface area contributed by atoms with Gasteiger partial charge in [-0.05, 0) is 62.0 Å². The van der Waals surface area contributed by atoms with Crippen molar-refractivity contribution in [2.75, 3.05) is 0 Å². The van der Waals surface area contributed by atoms with Gasteiger partial charge >= 0.3 is 0 Å². The van der Waals surface area contributed by atoms with Crippen molar-refractivity contribution in [3.05, 3.63) is 58.7 Å². The highest BCUT2D eigenvalue weighted by Crippen LogP contribution is 2.36. The van der Waals surface area contributed by atoms with Crippen molar-refractivity contribution >= 4 is 0 Å². The molecule has 2 aromatic carbocycles. The standard InChI is InChI=1S/C28H42/c1-19(2)12-20-13-21(15-23(14-20)26(3,4)5)22-16-24(27(6,7)8)18-25(17-22)28(9,10)11/h13-19H,12H2,1-11H3. The van der Waals surface area contributed by atoms with Crippen LogP contribution < -0.4 is 0 Å². The Kier molecular flexibility index (Phi) is 6.25. The van der Waals surface area contributed by atoms with Gasteiger partial charge in [-0.3, -0.25) is 0 Å². The lowest BCUT2D eigenvalue weighted by Crippen LogP contribution is -2.16. The fourth-order valence-corrected chi connectivity index (χ4v) is 3.54. The van der Waals surface area contributed by atoms with E-state index in [4.69, 9.17) is 0 Å². The molecule has 0 heterocycles. The maximum atomic E-state index is 2.42. The molecule has 0 atom stereocenters. The van der Waals surface area contributed by atoms with Crippen LogP contribution in [0.3, 0.4) is 0 Å². The molecule has 0 N–H and O–H groups in total. The fraction of sp³-hybridized carbons (Fsp3) is 0.571. The molecule has 0 saturated carbocycles. The lowest BCUT2D eigenvalue weighted by molar-refractivity contribution is 0.569. The average molecular weight is 379 g/mol. The largest absolute Gasteiger partial charge is 0.0625 e. The molecule has 0 bridgehead atoms. The van der Waals surface area contributed by atoms with E-state index in [1.807, 2.05) is 0 Å². The van der Waals surface area contributed by atoms with Crippen molar-refractivity contribution in [2.24, 2.45) is 5.92 Å². The smallest absolute Gasteiger partial charge is 0.0132 e. The molecule has 0 aliphatic carbocycles. The lowest BCUT2D eigenvalue weighted by Gasteiger charge is -2.27. The maximum Gasteiger partial charge on any atom is -0.0132 e. The molecule has 0 amide bonds. The van der Waals surface area contributed by atoms with Crippen LogP contribution in [0.25, 0.3) is 11.1 Å². The van der Waals surface area contributed by atoms with E-state index in [0.29, 0.717) is 5.92 Å². The summed E-state index contributed by atoms with van der Waals surface area (Å²) in [6.07, 6.45) is 1.13. The minimum Gasteiger partial charge on any atom is -0.0625 e. The molecular weight excluding hydrogens is 336 g/mol. The summed E-state index contributed by atoms with van der Waals surface area (Å²) in [7, 11) is 0. The third kappa shape index (κ3) is 5.72. The number of benzene rings is 2. The molecule has 0 fully saturated rings. The fourth-order valence-electron chi connectivity index (χ4n) is 3.54. The highest BCUT2D eigenvalue weighted by molar-refractivity contribution is 5.68. The second kappa shape index (κ2) is 7.69. The summed E-state index contributed by atoms with van der Waals surface area (Å²) >= 11 is 0. The molecule has 0 aliphatic heterocycles. The summed E-state index contributed by atoms with van der Waals surface area (Å²) in [6.45, 7) is 25.4. The van der Waals surface area contributed by atoms with Crippen LogP contribution in [-0.4, -0.2) is 0 Å². The van der Waals surface area contributed by atoms with Crippen molar-refractivity contribution in [2.45, 2.75) is 98.8 Å². The van der Waals surface area contributed by atoms with E-state index in [0.717, 1.165) is 6.42 Å². The van der Waals surface area contributed by atoms with Crippen LogP contribution in [0.15, 0.2) is 36.4 Å². The van der Waals surface area contributed by atoms with Gasteiger partial charge in [-0.1, -0.05) is 113 Å². The van der Waals surface area contributed by atoms with Crippen molar-refractivity contribution < 1.29 is 0 Å². The Labute approximate surface area is 174 Å². The zero-order valence-electron chi connectivity index (χ0n) is 20.2. The Bertz CT molecular complexity index is 782. The molecule has 0 radical (unpaired) electrons. The molecule has 0 spiro atoms. The van der Waals surface area contributed by atoms with Crippen LogP contribution >= 0.6 is 0 Å². The van der Waals surface area contributed by atoms with E-state index < -0.39 is 0 Å². The predicted molar refractivity (Wildman–Crippen MR) is 127 cm³/mol. The Balaban J connectivity index is 2.75. The summed E-state index contributed by atoms with van der Waals surface area (Å²) in [5.41, 5.74) is 8.86. The van der Waals surface area contributed by atoms with Gasteiger partial charge in [0.15, 0.2) is 0 Å². The van der Waals surface area contributed by atoms with Crippen molar-refractivity contribution in [3.63, 3.8) is 0 Å². The highest BCUT2D eigenvalue weighted by atomic mass is 14.3. The van der Waals surface area contributed by atoms with Gasteiger partial charge in [0.05, 0.1) is 0 Å². The molecule has 2 aromatic rings. The Hall–Kier alpha value is -1.56. The molecular formula is C28H42. The monoisotopic (exact) mass is 378 g/mol. The second-order valence-electron chi connectivity index (χ2n) is 12.1. The SMILES string of the molecule is CC(C)Cc1cc(-c2cc(C(C)(C)C)cc(C(C)(C)C)c2)cc(C(C)(C)C)c1. The minimum atomic E-state index is 0.137. The summed E-state index contributed by atoms with van der Waals surface area (Å²) in [4.78, 5) is 0. The lowest BCUT2D eigenvalue weighted by atomic mass is 9.78. The average Bonchev–Trinajstić information content (AvgIpc) is 2.51. The van der Waals surface area contributed by atoms with E-state index in [2.05, 4.69) is 113 Å². The second-order valence-corrected chi connectivity index (χ2v) is 12.1. The normalized spacial score (nSPS) is 13.3. The molecule has 28 heavy (non-hydrogen) atoms. The van der Waals surface area contributed by atoms with Gasteiger partial charge in [0, 0.05) is 0 Å². The van der Waals surface area contributed by atoms with Gasteiger partial charge in [-0.15, -0.1) is 0 Å². The van der Waals surface area contributed by atoms with Crippen molar-refractivity contribution in [1.29, 1.82) is 0 Å². The van der Waals surface area contributed by atoms with Gasteiger partial charge in [0.25, 0.3) is 0 Å². The Morgan fingerprint density at radius 3 is 1.25 bits per heavy atom. The van der Waals surface area contributed by atoms with Gasteiger partial charge in [-0.2, -0.15) is 0 Å². The van der Waals surface area contributed by atoms with E-state index in [1.54, 1.807) is 0 Å². The first-order chi connectivity index (χ1) is 12.6. The number of rotatable bonds is 3. The highest BCUT2D eigenvalue weighted by Gasteiger charge is 2.22. The number of hydrogen-bond acceptors (Lipinski definition) is 0. The van der Waals surface area contributed by atoms with Gasteiger partial charge < -0.3 is 0 Å². The molecule has 0 unspecified atom stereocenters. The van der Waals surface area contributed by atoms with E-state index in [9.17, 15) is 0 Å². The Morgan fingerprint density at radius 1 is 0.536 bits per heavy atom. The summed E-state index contributed by atoms with van der Waals surface area (Å²) in [5, 5.41) is 0. The van der Waals surface area contributed by atoms with Gasteiger partial charge in [0.1, 0.15) is 0 Å². The van der Waals surface area contributed by atoms with Crippen LogP contribution in [0, 0.1) is 5.92 Å². The molecule has 0 heteroatoms. The van der Waals surface area contributed by atoms with Gasteiger partial charge in [-0.25, -0.2) is 0 Å². The van der Waals surface area contributed by atoms with Crippen molar-refractivity contribution in [3.8, 4) is 11.1 Å². The zero-order valence-corrected chi connectivity index (χ0v) is 20.2. The minimum absolute atomic E-state index is 0.137. The zero-order chi connectivity index (χ0) is 21.5. The van der Waals surface area contributed by atoms with Crippen LogP contribution in [0.1, 0.15) is 98.4 Å². The number of hydrogen-bond donors (Lipinski definition) is 0. The molecule has 0 aromatic heterocycles. The Morgan fingerprint density at radius 2 is 0.893 bits per heavy atom. The van der Waals surface area contributed by atoms with Crippen LogP contribution in [0.5, 0.6) is 0 Å². The molecule has 0 aliphatic rings. The first-order valence-electron chi connectivity index (χ1n) is 10.9. The first-order valence-corrected chi connectivity index (χ1v) is 10.9.